The number of aryl methyl sites for hydroxylation is 1. The van der Waals surface area contributed by atoms with Crippen LogP contribution in [-0.2, 0) is 6.18 Å². The van der Waals surface area contributed by atoms with E-state index in [4.69, 9.17) is 4.74 Å². The van der Waals surface area contributed by atoms with Gasteiger partial charge in [0.15, 0.2) is 0 Å². The summed E-state index contributed by atoms with van der Waals surface area (Å²) in [5, 5.41) is 4.54. The lowest BCUT2D eigenvalue weighted by Crippen LogP contribution is -2.14. The third-order valence-electron chi connectivity index (χ3n) is 4.71. The number of hydrogen-bond donors (Lipinski definition) is 0. The van der Waals surface area contributed by atoms with Crippen LogP contribution in [0.1, 0.15) is 52.5 Å². The summed E-state index contributed by atoms with van der Waals surface area (Å²) in [4.78, 5) is 12.6. The fourth-order valence-corrected chi connectivity index (χ4v) is 2.85. The molecule has 4 nitrogen and oxygen atoms in total. The van der Waals surface area contributed by atoms with Crippen molar-refractivity contribution < 1.29 is 22.7 Å². The van der Waals surface area contributed by atoms with Gasteiger partial charge in [0.2, 0.25) is 5.88 Å². The van der Waals surface area contributed by atoms with Crippen molar-refractivity contribution in [2.75, 3.05) is 0 Å². The fourth-order valence-electron chi connectivity index (χ4n) is 2.85. The van der Waals surface area contributed by atoms with E-state index in [0.717, 1.165) is 28.9 Å². The summed E-state index contributed by atoms with van der Waals surface area (Å²) >= 11 is 0. The molecule has 0 saturated heterocycles. The Morgan fingerprint density at radius 1 is 1.07 bits per heavy atom. The normalized spacial score (nSPS) is 11.7. The Bertz CT molecular complexity index is 1050. The van der Waals surface area contributed by atoms with Crippen molar-refractivity contribution in [1.82, 2.24) is 9.78 Å². The van der Waals surface area contributed by atoms with E-state index in [2.05, 4.69) is 5.10 Å². The molecule has 0 fully saturated rings. The summed E-state index contributed by atoms with van der Waals surface area (Å²) in [5.41, 5.74) is 2.36. The number of nitrogens with zero attached hydrogens (tertiary/aromatic N) is 2. The third-order valence-corrected chi connectivity index (χ3v) is 4.71. The molecule has 0 spiro atoms. The molecule has 1 aromatic heterocycles. The zero-order chi connectivity index (χ0) is 21.3. The maximum absolute atomic E-state index is 13.0. The highest BCUT2D eigenvalue weighted by Crippen LogP contribution is 2.31. The number of ether oxygens (including phenoxy) is 1. The Morgan fingerprint density at radius 3 is 2.41 bits per heavy atom. The number of halogens is 3. The Kier molecular flexibility index (Phi) is 5.50. The second-order valence-corrected chi connectivity index (χ2v) is 7.16. The topological polar surface area (TPSA) is 44.1 Å². The number of benzene rings is 2. The first-order valence-electron chi connectivity index (χ1n) is 9.14. The quantitative estimate of drug-likeness (QED) is 0.514. The molecular formula is C22H21F3N2O2. The van der Waals surface area contributed by atoms with E-state index in [-0.39, 0.29) is 17.4 Å². The molecule has 0 aliphatic heterocycles. The van der Waals surface area contributed by atoms with Crippen molar-refractivity contribution in [3.8, 4) is 11.6 Å². The number of aromatic nitrogens is 2. The number of hydrogen-bond acceptors (Lipinski definition) is 3. The highest BCUT2D eigenvalue weighted by atomic mass is 19.4. The van der Waals surface area contributed by atoms with E-state index in [9.17, 15) is 18.0 Å². The third kappa shape index (κ3) is 4.34. The summed E-state index contributed by atoms with van der Waals surface area (Å²) in [6.07, 6.45) is -4.54. The number of carbonyl (C=O) groups excluding carboxylic acids is 1. The Morgan fingerprint density at radius 2 is 1.76 bits per heavy atom. The van der Waals surface area contributed by atoms with Gasteiger partial charge in [-0.3, -0.25) is 0 Å². The molecule has 29 heavy (non-hydrogen) atoms. The average molecular weight is 402 g/mol. The van der Waals surface area contributed by atoms with Crippen LogP contribution in [0.25, 0.3) is 5.69 Å². The van der Waals surface area contributed by atoms with Gasteiger partial charge in [-0.1, -0.05) is 32.0 Å². The molecule has 0 aliphatic rings. The van der Waals surface area contributed by atoms with Gasteiger partial charge in [-0.05, 0) is 55.2 Å². The first kappa shape index (κ1) is 20.6. The molecule has 0 amide bonds. The Labute approximate surface area is 166 Å². The standard InChI is InChI=1S/C22H21F3N2O2/c1-13(2)18-12-20(27(26-18)19-10-5-7-14(3)15(19)4)29-21(28)16-8-6-9-17(11-16)22(23,24)25/h5-13H,1-4H3. The molecule has 0 unspecified atom stereocenters. The minimum Gasteiger partial charge on any atom is -0.404 e. The first-order chi connectivity index (χ1) is 13.6. The Balaban J connectivity index is 2.01. The predicted octanol–water partition coefficient (Wildman–Crippen LogP) is 5.85. The van der Waals surface area contributed by atoms with Gasteiger partial charge in [0, 0.05) is 6.07 Å². The number of carbonyl (C=O) groups is 1. The number of esters is 1. The van der Waals surface area contributed by atoms with Gasteiger partial charge >= 0.3 is 12.1 Å². The first-order valence-corrected chi connectivity index (χ1v) is 9.14. The molecule has 3 rings (SSSR count). The van der Waals surface area contributed by atoms with E-state index in [0.29, 0.717) is 5.69 Å². The van der Waals surface area contributed by atoms with Crippen LogP contribution < -0.4 is 4.74 Å². The summed E-state index contributed by atoms with van der Waals surface area (Å²) < 4.78 is 45.8. The van der Waals surface area contributed by atoms with E-state index in [1.165, 1.54) is 16.8 Å². The summed E-state index contributed by atoms with van der Waals surface area (Å²) in [6.45, 7) is 7.79. The maximum Gasteiger partial charge on any atom is 0.416 e. The smallest absolute Gasteiger partial charge is 0.404 e. The molecule has 0 bridgehead atoms. The number of alkyl halides is 3. The van der Waals surface area contributed by atoms with Gasteiger partial charge in [0.1, 0.15) is 0 Å². The predicted molar refractivity (Wildman–Crippen MR) is 104 cm³/mol. The molecule has 152 valence electrons. The van der Waals surface area contributed by atoms with Gasteiger partial charge in [-0.2, -0.15) is 18.3 Å². The van der Waals surface area contributed by atoms with E-state index in [1.54, 1.807) is 6.07 Å². The zero-order valence-electron chi connectivity index (χ0n) is 16.5. The maximum atomic E-state index is 13.0. The molecule has 0 saturated carbocycles. The van der Waals surface area contributed by atoms with Crippen molar-refractivity contribution in [1.29, 1.82) is 0 Å². The lowest BCUT2D eigenvalue weighted by Gasteiger charge is -2.12. The summed E-state index contributed by atoms with van der Waals surface area (Å²) in [5.74, 6) is -0.643. The van der Waals surface area contributed by atoms with Crippen LogP contribution in [-0.4, -0.2) is 15.7 Å². The van der Waals surface area contributed by atoms with Crippen LogP contribution >= 0.6 is 0 Å². The second-order valence-electron chi connectivity index (χ2n) is 7.16. The second kappa shape index (κ2) is 7.73. The van der Waals surface area contributed by atoms with Gasteiger partial charge in [0.25, 0.3) is 0 Å². The number of rotatable bonds is 4. The molecular weight excluding hydrogens is 381 g/mol. The van der Waals surface area contributed by atoms with Crippen molar-refractivity contribution in [3.63, 3.8) is 0 Å². The molecule has 1 heterocycles. The largest absolute Gasteiger partial charge is 0.416 e. The summed E-state index contributed by atoms with van der Waals surface area (Å²) in [6, 6.07) is 11.5. The van der Waals surface area contributed by atoms with Crippen molar-refractivity contribution in [2.24, 2.45) is 0 Å². The van der Waals surface area contributed by atoms with Crippen LogP contribution in [0.3, 0.4) is 0 Å². The monoisotopic (exact) mass is 402 g/mol. The van der Waals surface area contributed by atoms with E-state index in [1.807, 2.05) is 45.9 Å². The van der Waals surface area contributed by atoms with Crippen LogP contribution in [0, 0.1) is 13.8 Å². The minimum absolute atomic E-state index is 0.0763. The molecule has 0 radical (unpaired) electrons. The Hall–Kier alpha value is -3.09. The minimum atomic E-state index is -4.54. The molecule has 3 aromatic rings. The van der Waals surface area contributed by atoms with Crippen LogP contribution in [0.15, 0.2) is 48.5 Å². The highest BCUT2D eigenvalue weighted by molar-refractivity contribution is 5.91. The molecule has 0 aliphatic carbocycles. The lowest BCUT2D eigenvalue weighted by atomic mass is 10.1. The van der Waals surface area contributed by atoms with Crippen LogP contribution in [0.2, 0.25) is 0 Å². The summed E-state index contributed by atoms with van der Waals surface area (Å²) in [7, 11) is 0. The molecule has 0 N–H and O–H groups in total. The van der Waals surface area contributed by atoms with Gasteiger partial charge in [0.05, 0.1) is 22.5 Å². The molecule has 0 atom stereocenters. The highest BCUT2D eigenvalue weighted by Gasteiger charge is 2.31. The molecule has 7 heteroatoms. The van der Waals surface area contributed by atoms with Crippen LogP contribution in [0.4, 0.5) is 13.2 Å². The molecule has 2 aromatic carbocycles. The fraction of sp³-hybridized carbons (Fsp3) is 0.273. The van der Waals surface area contributed by atoms with Crippen LogP contribution in [0.5, 0.6) is 5.88 Å². The zero-order valence-corrected chi connectivity index (χ0v) is 16.5. The van der Waals surface area contributed by atoms with Gasteiger partial charge < -0.3 is 4.74 Å². The van der Waals surface area contributed by atoms with Gasteiger partial charge in [-0.25, -0.2) is 9.48 Å². The van der Waals surface area contributed by atoms with E-state index < -0.39 is 17.7 Å². The van der Waals surface area contributed by atoms with E-state index >= 15 is 0 Å². The SMILES string of the molecule is Cc1cccc(-n2nc(C(C)C)cc2OC(=O)c2cccc(C(F)(F)F)c2)c1C. The van der Waals surface area contributed by atoms with Crippen molar-refractivity contribution in [3.05, 3.63) is 76.5 Å². The lowest BCUT2D eigenvalue weighted by molar-refractivity contribution is -0.137. The van der Waals surface area contributed by atoms with Crippen molar-refractivity contribution in [2.45, 2.75) is 39.8 Å². The van der Waals surface area contributed by atoms with Crippen molar-refractivity contribution >= 4 is 5.97 Å². The average Bonchev–Trinajstić information content (AvgIpc) is 3.07. The van der Waals surface area contributed by atoms with Gasteiger partial charge in [-0.15, -0.1) is 0 Å².